The van der Waals surface area contributed by atoms with Crippen molar-refractivity contribution in [3.8, 4) is 11.3 Å². The topological polar surface area (TPSA) is 148 Å². The number of rotatable bonds is 7. The molecule has 1 aromatic carbocycles. The van der Waals surface area contributed by atoms with E-state index in [0.29, 0.717) is 50.7 Å². The molecule has 1 saturated heterocycles. The maximum Gasteiger partial charge on any atom is 0.416 e. The minimum atomic E-state index is -4.64. The predicted molar refractivity (Wildman–Crippen MR) is 177 cm³/mol. The molecule has 3 aromatic heterocycles. The first-order valence-electron chi connectivity index (χ1n) is 16.2. The highest BCUT2D eigenvalue weighted by Crippen LogP contribution is 2.45. The number of imidazole rings is 1. The number of carboxylic acid groups (broad SMARTS) is 1. The van der Waals surface area contributed by atoms with Gasteiger partial charge in [0.05, 0.1) is 23.8 Å². The first-order valence-corrected chi connectivity index (χ1v) is 16.6. The lowest BCUT2D eigenvalue weighted by atomic mass is 9.65. The molecule has 4 N–H and O–H groups in total. The van der Waals surface area contributed by atoms with Crippen LogP contribution in [0.25, 0.3) is 16.8 Å². The summed E-state index contributed by atoms with van der Waals surface area (Å²) in [6, 6.07) is 5.18. The number of carbonyl (C=O) groups excluding carboxylic acids is 1. The van der Waals surface area contributed by atoms with E-state index < -0.39 is 41.0 Å². The number of anilines is 2. The molecule has 0 spiro atoms. The van der Waals surface area contributed by atoms with E-state index in [4.69, 9.17) is 27.1 Å². The number of carboxylic acids is 1. The first kappa shape index (κ1) is 35.5. The van der Waals surface area contributed by atoms with Crippen molar-refractivity contribution in [3.05, 3.63) is 70.6 Å². The fraction of sp³-hybridized carbons (Fsp3) is 0.441. The van der Waals surface area contributed by atoms with Crippen LogP contribution < -0.4 is 11.1 Å². The number of pyridine rings is 1. The number of fused-ring (bicyclic) bond motifs is 1. The molecule has 11 nitrogen and oxygen atoms in total. The van der Waals surface area contributed by atoms with Crippen LogP contribution in [0, 0.1) is 17.2 Å². The zero-order chi connectivity index (χ0) is 36.1. The number of nitrogens with zero attached hydrogens (tertiary/aromatic N) is 5. The summed E-state index contributed by atoms with van der Waals surface area (Å²) in [5.41, 5.74) is 4.68. The Morgan fingerprint density at radius 2 is 1.88 bits per heavy atom. The number of benzene rings is 1. The number of aromatic nitrogens is 4. The van der Waals surface area contributed by atoms with Crippen LogP contribution in [0.2, 0.25) is 5.15 Å². The van der Waals surface area contributed by atoms with E-state index in [1.54, 1.807) is 4.40 Å². The van der Waals surface area contributed by atoms with Gasteiger partial charge in [0.1, 0.15) is 45.7 Å². The summed E-state index contributed by atoms with van der Waals surface area (Å²) in [4.78, 5) is 40.1. The normalized spacial score (nSPS) is 23.3. The minimum absolute atomic E-state index is 0.00270. The van der Waals surface area contributed by atoms with Crippen molar-refractivity contribution in [3.63, 3.8) is 0 Å². The van der Waals surface area contributed by atoms with Crippen LogP contribution in [-0.2, 0) is 15.7 Å². The van der Waals surface area contributed by atoms with E-state index in [9.17, 15) is 27.9 Å². The smallest absolute Gasteiger partial charge is 0.416 e. The number of halogens is 5. The van der Waals surface area contributed by atoms with Gasteiger partial charge in [0, 0.05) is 36.0 Å². The summed E-state index contributed by atoms with van der Waals surface area (Å²) in [5, 5.41) is 12.5. The van der Waals surface area contributed by atoms with Gasteiger partial charge in [-0.25, -0.2) is 19.3 Å². The molecule has 1 aliphatic heterocycles. The molecule has 4 aromatic rings. The molecule has 6 rings (SSSR count). The van der Waals surface area contributed by atoms with E-state index >= 15 is 4.39 Å². The highest BCUT2D eigenvalue weighted by atomic mass is 35.5. The largest absolute Gasteiger partial charge is 0.481 e. The number of ether oxygens (including phenoxy) is 1. The average Bonchev–Trinajstić information content (AvgIpc) is 3.48. The van der Waals surface area contributed by atoms with Gasteiger partial charge in [0.25, 0.3) is 5.91 Å². The lowest BCUT2D eigenvalue weighted by molar-refractivity contribution is -0.157. The molecule has 2 fully saturated rings. The molecule has 266 valence electrons. The van der Waals surface area contributed by atoms with Crippen molar-refractivity contribution in [2.24, 2.45) is 11.3 Å². The zero-order valence-electron chi connectivity index (χ0n) is 27.5. The fourth-order valence-corrected chi connectivity index (χ4v) is 7.40. The molecule has 0 unspecified atom stereocenters. The third kappa shape index (κ3) is 6.49. The molecule has 0 radical (unpaired) electrons. The number of nitrogen functional groups attached to an aromatic ring is 1. The van der Waals surface area contributed by atoms with Crippen LogP contribution in [0.15, 0.2) is 42.7 Å². The summed E-state index contributed by atoms with van der Waals surface area (Å²) in [5.74, 6) is -2.45. The molecular formula is C34H36ClF4N7O4. The maximum absolute atomic E-state index is 15.8. The van der Waals surface area contributed by atoms with E-state index in [1.165, 1.54) is 18.3 Å². The van der Waals surface area contributed by atoms with Crippen molar-refractivity contribution in [2.75, 3.05) is 24.2 Å². The monoisotopic (exact) mass is 717 g/mol. The van der Waals surface area contributed by atoms with Crippen LogP contribution in [0.1, 0.15) is 74.3 Å². The molecule has 4 heterocycles. The van der Waals surface area contributed by atoms with Gasteiger partial charge in [-0.15, -0.1) is 0 Å². The summed E-state index contributed by atoms with van der Waals surface area (Å²) in [6.45, 7) is 6.73. The van der Waals surface area contributed by atoms with Crippen LogP contribution in [0.5, 0.6) is 0 Å². The van der Waals surface area contributed by atoms with Crippen molar-refractivity contribution in [1.29, 1.82) is 0 Å². The highest BCUT2D eigenvalue weighted by molar-refractivity contribution is 6.30. The zero-order valence-corrected chi connectivity index (χ0v) is 28.2. The molecule has 1 saturated carbocycles. The van der Waals surface area contributed by atoms with Crippen LogP contribution in [0.3, 0.4) is 0 Å². The summed E-state index contributed by atoms with van der Waals surface area (Å²) in [7, 11) is 0. The standard InChI is InChI=1S/C34H36ClF4N7O4/c1-17(2)33(32(48)49)9-6-21(7-10-33)45-15-24(50-16-18(45)3)30-44-27(28-29(40)42-14-25(35)46(28)30)22-5-4-19(12-23(22)36)31(47)43-26-13-20(8-11-41-26)34(37,38)39/h4-5,8,11-14,17-18,21,24H,6-7,9-10,15-16H2,1-3H3,(H2,40,42)(H,48,49)(H,41,43,47)/t18-,21-,24+,33+/m0/s1. The van der Waals surface area contributed by atoms with Gasteiger partial charge in [-0.2, -0.15) is 13.2 Å². The second-order valence-corrected chi connectivity index (χ2v) is 13.6. The van der Waals surface area contributed by atoms with E-state index in [2.05, 4.69) is 27.1 Å². The summed E-state index contributed by atoms with van der Waals surface area (Å²) < 4.78 is 63.0. The van der Waals surface area contributed by atoms with E-state index in [0.717, 1.165) is 18.3 Å². The average molecular weight is 718 g/mol. The van der Waals surface area contributed by atoms with Gasteiger partial charge in [-0.1, -0.05) is 25.4 Å². The number of morpholine rings is 1. The SMILES string of the molecule is CC(C)[C@]1(C(=O)O)CC[C@@H](N2C[C@H](c3nc(-c4ccc(C(=O)Nc5cc(C(F)(F)F)ccn5)cc4F)c4c(N)ncc(Cl)n34)OC[C@@H]2C)CC1. The summed E-state index contributed by atoms with van der Waals surface area (Å²) in [6.07, 6.45) is -0.443. The number of alkyl halides is 3. The molecule has 1 amide bonds. The van der Waals surface area contributed by atoms with E-state index in [-0.39, 0.29) is 57.1 Å². The van der Waals surface area contributed by atoms with Gasteiger partial charge in [0.15, 0.2) is 0 Å². The van der Waals surface area contributed by atoms with Crippen LogP contribution in [0.4, 0.5) is 29.2 Å². The third-order valence-electron chi connectivity index (χ3n) is 10.1. The molecule has 2 aliphatic rings. The lowest BCUT2D eigenvalue weighted by Gasteiger charge is -2.47. The van der Waals surface area contributed by atoms with E-state index in [1.807, 2.05) is 13.8 Å². The predicted octanol–water partition coefficient (Wildman–Crippen LogP) is 6.87. The Morgan fingerprint density at radius 1 is 1.16 bits per heavy atom. The fourth-order valence-electron chi connectivity index (χ4n) is 7.18. The Morgan fingerprint density at radius 3 is 2.52 bits per heavy atom. The Hall–Kier alpha value is -4.34. The van der Waals surface area contributed by atoms with Crippen molar-refractivity contribution in [2.45, 2.75) is 70.8 Å². The second-order valence-electron chi connectivity index (χ2n) is 13.3. The quantitative estimate of drug-likeness (QED) is 0.174. The number of nitrogens with two attached hydrogens (primary N) is 1. The number of aliphatic carboxylic acids is 1. The van der Waals surface area contributed by atoms with Crippen molar-refractivity contribution < 1.29 is 37.0 Å². The van der Waals surface area contributed by atoms with Crippen molar-refractivity contribution in [1.82, 2.24) is 24.3 Å². The lowest BCUT2D eigenvalue weighted by Crippen LogP contribution is -2.53. The first-order chi connectivity index (χ1) is 23.6. The third-order valence-corrected chi connectivity index (χ3v) is 10.4. The Bertz CT molecular complexity index is 1940. The van der Waals surface area contributed by atoms with Gasteiger partial charge < -0.3 is 20.9 Å². The molecule has 16 heteroatoms. The number of hydrogen-bond acceptors (Lipinski definition) is 8. The Labute approximate surface area is 289 Å². The number of carbonyl (C=O) groups is 2. The molecular weight excluding hydrogens is 682 g/mol. The van der Waals surface area contributed by atoms with Crippen molar-refractivity contribution >= 4 is 40.6 Å². The molecule has 50 heavy (non-hydrogen) atoms. The number of nitrogens with one attached hydrogen (secondary N) is 1. The molecule has 0 bridgehead atoms. The Balaban J connectivity index is 1.29. The van der Waals surface area contributed by atoms with Crippen LogP contribution in [-0.4, -0.2) is 66.5 Å². The van der Waals surface area contributed by atoms with Gasteiger partial charge >= 0.3 is 12.1 Å². The molecule has 2 atom stereocenters. The van der Waals surface area contributed by atoms with Crippen LogP contribution >= 0.6 is 11.6 Å². The molecule has 1 aliphatic carbocycles. The Kier molecular flexibility index (Phi) is 9.52. The van der Waals surface area contributed by atoms with Gasteiger partial charge in [-0.3, -0.25) is 18.9 Å². The number of amides is 1. The van der Waals surface area contributed by atoms with Gasteiger partial charge in [-0.05, 0) is 68.9 Å². The number of hydrogen-bond donors (Lipinski definition) is 3. The maximum atomic E-state index is 15.8. The second kappa shape index (κ2) is 13.4. The minimum Gasteiger partial charge on any atom is -0.481 e. The highest BCUT2D eigenvalue weighted by Gasteiger charge is 2.47. The summed E-state index contributed by atoms with van der Waals surface area (Å²) >= 11 is 6.64. The van der Waals surface area contributed by atoms with Gasteiger partial charge in [0.2, 0.25) is 0 Å².